The van der Waals surface area contributed by atoms with E-state index in [2.05, 4.69) is 48.5 Å². The predicted molar refractivity (Wildman–Crippen MR) is 274 cm³/mol. The number of amides is 2. The van der Waals surface area contributed by atoms with Crippen LogP contribution in [0, 0.1) is 13.8 Å². The topological polar surface area (TPSA) is 216 Å². The molecule has 4 N–H and O–H groups in total. The van der Waals surface area contributed by atoms with Crippen molar-refractivity contribution in [1.82, 2.24) is 35.6 Å². The van der Waals surface area contributed by atoms with Gasteiger partial charge in [0, 0.05) is 29.4 Å². The number of phenolic OH excluding ortho intramolecular Hbond substituents is 1. The molecule has 70 heavy (non-hydrogen) atoms. The quantitative estimate of drug-likeness (QED) is 0.0413. The molecule has 0 fully saturated rings. The van der Waals surface area contributed by atoms with Crippen LogP contribution in [0.4, 0.5) is 11.4 Å². The Morgan fingerprint density at radius 1 is 0.786 bits per heavy atom. The molecule has 370 valence electrons. The Hall–Kier alpha value is -6.85. The number of nitrogens with zero attached hydrogens (tertiary/aromatic N) is 6. The van der Waals surface area contributed by atoms with Crippen molar-refractivity contribution in [1.29, 1.82) is 0 Å². The van der Waals surface area contributed by atoms with E-state index in [1.807, 2.05) is 74.5 Å². The van der Waals surface area contributed by atoms with E-state index in [0.29, 0.717) is 33.5 Å². The number of aromatic hydroxyl groups is 1. The monoisotopic (exact) mass is 991 g/mol. The van der Waals surface area contributed by atoms with Crippen molar-refractivity contribution in [2.75, 3.05) is 17.2 Å². The third kappa shape index (κ3) is 16.4. The fraction of sp³-hybridized carbons (Fsp3) is 0.365. The summed E-state index contributed by atoms with van der Waals surface area (Å²) in [6.07, 6.45) is 11.3. The summed E-state index contributed by atoms with van der Waals surface area (Å²) < 4.78 is 12.0. The number of tetrazole rings is 1. The zero-order valence-electron chi connectivity index (χ0n) is 40.6. The molecule has 2 amide bonds. The summed E-state index contributed by atoms with van der Waals surface area (Å²) >= 11 is 7.39. The van der Waals surface area contributed by atoms with Gasteiger partial charge in [0.25, 0.3) is 5.91 Å². The van der Waals surface area contributed by atoms with Gasteiger partial charge < -0.3 is 25.2 Å². The number of aromatic nitrogens is 7. The molecule has 0 aliphatic carbocycles. The second-order valence-corrected chi connectivity index (χ2v) is 18.0. The van der Waals surface area contributed by atoms with Crippen LogP contribution >= 0.6 is 23.4 Å². The Morgan fingerprint density at radius 3 is 2.14 bits per heavy atom. The van der Waals surface area contributed by atoms with Gasteiger partial charge in [-0.15, -0.1) is 5.10 Å². The Morgan fingerprint density at radius 2 is 1.46 bits per heavy atom. The number of ether oxygens (including phenoxy) is 2. The summed E-state index contributed by atoms with van der Waals surface area (Å²) in [5.41, 5.74) is 5.41. The molecule has 0 bridgehead atoms. The summed E-state index contributed by atoms with van der Waals surface area (Å²) in [6, 6.07) is 26.9. The van der Waals surface area contributed by atoms with E-state index in [1.54, 1.807) is 30.8 Å². The number of phenols is 1. The molecule has 0 saturated carbocycles. The number of para-hydroxylation sites is 1. The summed E-state index contributed by atoms with van der Waals surface area (Å²) in [6.45, 7) is 9.69. The maximum Gasteiger partial charge on any atom is 0.347 e. The second kappa shape index (κ2) is 28.0. The minimum absolute atomic E-state index is 0.0536. The number of rotatable bonds is 20. The van der Waals surface area contributed by atoms with E-state index < -0.39 is 18.0 Å². The highest BCUT2D eigenvalue weighted by molar-refractivity contribution is 7.99. The van der Waals surface area contributed by atoms with E-state index in [0.717, 1.165) is 46.1 Å². The van der Waals surface area contributed by atoms with Crippen LogP contribution in [0.15, 0.2) is 101 Å². The second-order valence-electron chi connectivity index (χ2n) is 16.6. The third-order valence-corrected chi connectivity index (χ3v) is 12.4. The van der Waals surface area contributed by atoms with Gasteiger partial charge in [-0.3, -0.25) is 9.59 Å². The lowest BCUT2D eigenvalue weighted by Crippen LogP contribution is -2.26. The minimum atomic E-state index is -1.02. The van der Waals surface area contributed by atoms with E-state index in [1.165, 1.54) is 87.4 Å². The maximum absolute atomic E-state index is 12.9. The molecule has 0 aliphatic heterocycles. The lowest BCUT2D eigenvalue weighted by Gasteiger charge is -2.14. The SMILES string of the molecule is CCCCCCCCCCCCOC(=O)C(C)OC(=O)c1ccc(Cl)c(NC(=O)CC)c1.Cc1ccc2n[nH]nc2c1.Cc1ccccc1NC(=O)c1cc(Sc2nnnn2C)c2ccccc2c1O. The lowest BCUT2D eigenvalue weighted by atomic mass is 10.0. The number of nitrogens with one attached hydrogen (secondary N) is 3. The minimum Gasteiger partial charge on any atom is -0.506 e. The van der Waals surface area contributed by atoms with Gasteiger partial charge in [-0.2, -0.15) is 15.4 Å². The van der Waals surface area contributed by atoms with Gasteiger partial charge in [0.15, 0.2) is 6.10 Å². The van der Waals surface area contributed by atoms with E-state index in [4.69, 9.17) is 21.1 Å². The highest BCUT2D eigenvalue weighted by Crippen LogP contribution is 2.39. The number of esters is 2. The number of halogens is 1. The number of hydrogen-bond donors (Lipinski definition) is 4. The van der Waals surface area contributed by atoms with Crippen molar-refractivity contribution in [3.63, 3.8) is 0 Å². The van der Waals surface area contributed by atoms with Gasteiger partial charge in [-0.25, -0.2) is 14.3 Å². The first-order chi connectivity index (χ1) is 33.8. The van der Waals surface area contributed by atoms with Crippen molar-refractivity contribution < 1.29 is 33.8 Å². The largest absolute Gasteiger partial charge is 0.506 e. The molecular weight excluding hydrogens is 930 g/mol. The Balaban J connectivity index is 0.000000218. The van der Waals surface area contributed by atoms with Crippen LogP contribution < -0.4 is 10.6 Å². The zero-order chi connectivity index (χ0) is 50.4. The van der Waals surface area contributed by atoms with Gasteiger partial charge in [0.05, 0.1) is 28.4 Å². The normalized spacial score (nSPS) is 11.2. The van der Waals surface area contributed by atoms with Gasteiger partial charge in [-0.05, 0) is 108 Å². The first-order valence-corrected chi connectivity index (χ1v) is 24.7. The number of unbranched alkanes of at least 4 members (excludes halogenated alkanes) is 9. The predicted octanol–water partition coefficient (Wildman–Crippen LogP) is 11.7. The number of carbonyl (C=O) groups is 4. The maximum atomic E-state index is 12.9. The number of aryl methyl sites for hydroxylation is 3. The molecule has 0 spiro atoms. The number of H-pyrrole nitrogens is 1. The highest BCUT2D eigenvalue weighted by Gasteiger charge is 2.22. The van der Waals surface area contributed by atoms with Gasteiger partial charge in [-0.1, -0.05) is 132 Å². The highest BCUT2D eigenvalue weighted by atomic mass is 35.5. The number of anilines is 2. The fourth-order valence-electron chi connectivity index (χ4n) is 6.99. The van der Waals surface area contributed by atoms with Crippen LogP contribution in [0.2, 0.25) is 5.02 Å². The molecule has 2 aromatic heterocycles. The van der Waals surface area contributed by atoms with Gasteiger partial charge >= 0.3 is 11.9 Å². The molecule has 2 heterocycles. The summed E-state index contributed by atoms with van der Waals surface area (Å²) in [7, 11) is 1.75. The first-order valence-electron chi connectivity index (χ1n) is 23.6. The smallest absolute Gasteiger partial charge is 0.347 e. The van der Waals surface area contributed by atoms with E-state index >= 15 is 0 Å². The van der Waals surface area contributed by atoms with Crippen molar-refractivity contribution >= 4 is 80.3 Å². The van der Waals surface area contributed by atoms with Gasteiger partial charge in [0.1, 0.15) is 16.8 Å². The lowest BCUT2D eigenvalue weighted by molar-refractivity contribution is -0.153. The molecule has 1 atom stereocenters. The van der Waals surface area contributed by atoms with Crippen LogP contribution in [0.3, 0.4) is 0 Å². The molecule has 7 rings (SSSR count). The Bertz CT molecular complexity index is 2830. The molecule has 16 nitrogen and oxygen atoms in total. The molecule has 0 saturated heterocycles. The summed E-state index contributed by atoms with van der Waals surface area (Å²) in [5, 5.41) is 40.5. The Kier molecular flexibility index (Phi) is 21.6. The van der Waals surface area contributed by atoms with Gasteiger partial charge in [0.2, 0.25) is 11.1 Å². The van der Waals surface area contributed by atoms with Crippen LogP contribution in [-0.2, 0) is 26.1 Å². The number of aromatic amines is 1. The first kappa shape index (κ1) is 54.1. The standard InChI is InChI=1S/C25H38ClNO5.C20H17N5O2S.C7H7N3/c1-4-6-7-8-9-10-11-12-13-14-17-31-24(29)19(3)32-25(30)20-15-16-21(26)22(18-20)27-23(28)5-2;1-12-7-3-6-10-16(12)21-19(27)15-11-17(28-20-22-23-24-25(20)2)13-8-4-5-9-14(13)18(15)26;1-5-2-3-6-7(4-5)9-10-8-6/h15-16,18-19H,4-14,17H2,1-3H3,(H,27,28);3-11,26H,1-2H3,(H,21,27);2-4H,1H3,(H,8,9,10). The van der Waals surface area contributed by atoms with Crippen molar-refractivity contribution in [3.8, 4) is 5.75 Å². The van der Waals surface area contributed by atoms with E-state index in [-0.39, 0.29) is 35.1 Å². The molecular formula is C52H62ClN9O7S. The average Bonchev–Trinajstić information content (AvgIpc) is 4.00. The van der Waals surface area contributed by atoms with E-state index in [9.17, 15) is 24.3 Å². The van der Waals surface area contributed by atoms with Crippen LogP contribution in [0.1, 0.15) is 123 Å². The third-order valence-electron chi connectivity index (χ3n) is 11.0. The van der Waals surface area contributed by atoms with Crippen LogP contribution in [0.25, 0.3) is 21.8 Å². The molecule has 0 radical (unpaired) electrons. The summed E-state index contributed by atoms with van der Waals surface area (Å²) in [5.74, 6) is -1.90. The number of carbonyl (C=O) groups excluding carboxylic acids is 4. The number of benzene rings is 5. The fourth-order valence-corrected chi connectivity index (χ4v) is 8.06. The average molecular weight is 993 g/mol. The number of hydrogen-bond acceptors (Lipinski definition) is 13. The van der Waals surface area contributed by atoms with Crippen LogP contribution in [0.5, 0.6) is 5.75 Å². The molecule has 18 heteroatoms. The Labute approximate surface area is 417 Å². The zero-order valence-corrected chi connectivity index (χ0v) is 42.2. The van der Waals surface area contributed by atoms with Crippen molar-refractivity contribution in [2.45, 2.75) is 121 Å². The molecule has 0 aliphatic rings. The van der Waals surface area contributed by atoms with Crippen molar-refractivity contribution in [3.05, 3.63) is 118 Å². The summed E-state index contributed by atoms with van der Waals surface area (Å²) in [4.78, 5) is 49.7. The molecule has 7 aromatic rings. The number of fused-ring (bicyclic) bond motifs is 2. The molecule has 5 aromatic carbocycles. The molecule has 1 unspecified atom stereocenters. The van der Waals surface area contributed by atoms with Crippen LogP contribution in [-0.4, -0.2) is 77.2 Å². The van der Waals surface area contributed by atoms with Crippen molar-refractivity contribution in [2.24, 2.45) is 7.05 Å².